The third-order valence-corrected chi connectivity index (χ3v) is 5.66. The van der Waals surface area contributed by atoms with Gasteiger partial charge in [-0.15, -0.1) is 24.0 Å². The van der Waals surface area contributed by atoms with Crippen molar-refractivity contribution < 1.29 is 0 Å². The van der Waals surface area contributed by atoms with Crippen LogP contribution in [0, 0.1) is 6.92 Å². The third kappa shape index (κ3) is 6.37. The Morgan fingerprint density at radius 3 is 2.86 bits per heavy atom. The van der Waals surface area contributed by atoms with Gasteiger partial charge >= 0.3 is 0 Å². The Hall–Kier alpha value is -1.29. The first kappa shape index (κ1) is 23.0. The summed E-state index contributed by atoms with van der Waals surface area (Å²) >= 11 is 3.65. The molecule has 0 radical (unpaired) electrons. The van der Waals surface area contributed by atoms with Crippen LogP contribution < -0.4 is 15.5 Å². The highest BCUT2D eigenvalue weighted by atomic mass is 127. The van der Waals surface area contributed by atoms with Crippen LogP contribution in [0.25, 0.3) is 0 Å². The number of imidazole rings is 1. The van der Waals surface area contributed by atoms with Crippen LogP contribution in [0.4, 0.5) is 5.69 Å². The molecule has 2 aromatic rings. The fourth-order valence-corrected chi connectivity index (χ4v) is 3.98. The van der Waals surface area contributed by atoms with E-state index in [1.807, 2.05) is 26.4 Å². The first-order chi connectivity index (χ1) is 13.2. The Kier molecular flexibility index (Phi) is 9.57. The predicted octanol–water partition coefficient (Wildman–Crippen LogP) is 3.80. The summed E-state index contributed by atoms with van der Waals surface area (Å²) in [5, 5.41) is 7.01. The van der Waals surface area contributed by atoms with Crippen molar-refractivity contribution in [3.8, 4) is 0 Å². The summed E-state index contributed by atoms with van der Waals surface area (Å²) in [5.41, 5.74) is 1.26. The number of para-hydroxylation sites is 1. The van der Waals surface area contributed by atoms with Crippen molar-refractivity contribution in [2.45, 2.75) is 38.8 Å². The fraction of sp³-hybridized carbons (Fsp3) is 0.500. The number of rotatable bonds is 7. The number of unbranched alkanes of at least 4 members (excludes halogenated alkanes) is 1. The maximum absolute atomic E-state index is 4.38. The Balaban J connectivity index is 0.00000280. The second kappa shape index (κ2) is 11.6. The highest BCUT2D eigenvalue weighted by molar-refractivity contribution is 14.0. The van der Waals surface area contributed by atoms with Crippen molar-refractivity contribution in [1.29, 1.82) is 0 Å². The minimum Gasteiger partial charge on any atom is -0.368 e. The van der Waals surface area contributed by atoms with Gasteiger partial charge in [0, 0.05) is 56.1 Å². The lowest BCUT2D eigenvalue weighted by Crippen LogP contribution is -2.44. The SMILES string of the molecule is CN=C(NCCCCn1ccnc1C)NC1CCN(c2ccccc2Br)C1.I. The molecule has 2 N–H and O–H groups in total. The lowest BCUT2D eigenvalue weighted by atomic mass is 10.2. The summed E-state index contributed by atoms with van der Waals surface area (Å²) in [7, 11) is 1.84. The fourth-order valence-electron chi connectivity index (χ4n) is 3.45. The summed E-state index contributed by atoms with van der Waals surface area (Å²) in [5.74, 6) is 1.98. The Morgan fingerprint density at radius 1 is 1.32 bits per heavy atom. The molecule has 0 amide bonds. The van der Waals surface area contributed by atoms with Crippen LogP contribution in [0.1, 0.15) is 25.1 Å². The molecule has 0 bridgehead atoms. The minimum absolute atomic E-state index is 0. The van der Waals surface area contributed by atoms with Gasteiger partial charge in [-0.3, -0.25) is 4.99 Å². The van der Waals surface area contributed by atoms with Crippen LogP contribution in [-0.2, 0) is 6.54 Å². The lowest BCUT2D eigenvalue weighted by molar-refractivity contribution is 0.583. The van der Waals surface area contributed by atoms with Crippen LogP contribution in [0.15, 0.2) is 46.1 Å². The zero-order chi connectivity index (χ0) is 19.1. The Labute approximate surface area is 193 Å². The second-order valence-electron chi connectivity index (χ2n) is 6.90. The Morgan fingerprint density at radius 2 is 2.14 bits per heavy atom. The van der Waals surface area contributed by atoms with Crippen molar-refractivity contribution >= 4 is 51.6 Å². The molecule has 6 nitrogen and oxygen atoms in total. The van der Waals surface area contributed by atoms with E-state index in [1.165, 1.54) is 5.69 Å². The molecule has 0 saturated carbocycles. The van der Waals surface area contributed by atoms with Gasteiger partial charge in [0.05, 0.1) is 5.69 Å². The van der Waals surface area contributed by atoms with Crippen LogP contribution in [0.2, 0.25) is 0 Å². The molecule has 1 aromatic carbocycles. The first-order valence-corrected chi connectivity index (χ1v) is 10.4. The quantitative estimate of drug-likeness (QED) is 0.234. The zero-order valence-electron chi connectivity index (χ0n) is 16.6. The van der Waals surface area contributed by atoms with E-state index in [0.29, 0.717) is 6.04 Å². The molecule has 1 aromatic heterocycles. The van der Waals surface area contributed by atoms with Crippen molar-refractivity contribution in [3.63, 3.8) is 0 Å². The van der Waals surface area contributed by atoms with Gasteiger partial charge < -0.3 is 20.1 Å². The second-order valence-corrected chi connectivity index (χ2v) is 7.76. The maximum Gasteiger partial charge on any atom is 0.191 e. The van der Waals surface area contributed by atoms with Gasteiger partial charge in [-0.25, -0.2) is 4.98 Å². The summed E-state index contributed by atoms with van der Waals surface area (Å²) < 4.78 is 3.35. The van der Waals surface area contributed by atoms with Gasteiger partial charge in [-0.2, -0.15) is 0 Å². The molecular formula is C20H30BrIN6. The summed E-state index contributed by atoms with van der Waals surface area (Å²) in [4.78, 5) is 11.1. The zero-order valence-corrected chi connectivity index (χ0v) is 20.5. The standard InChI is InChI=1S/C20H29BrN6.HI/c1-16-23-11-14-26(16)12-6-5-10-24-20(22-2)25-17-9-13-27(15-17)19-8-4-3-7-18(19)21;/h3-4,7-8,11,14,17H,5-6,9-10,12-13,15H2,1-2H3,(H2,22,24,25);1H. The van der Waals surface area contributed by atoms with E-state index in [1.54, 1.807) is 0 Å². The molecule has 0 spiro atoms. The van der Waals surface area contributed by atoms with Crippen LogP contribution >= 0.6 is 39.9 Å². The molecule has 2 heterocycles. The van der Waals surface area contributed by atoms with Gasteiger partial charge in [-0.1, -0.05) is 12.1 Å². The number of halogens is 2. The van der Waals surface area contributed by atoms with Gasteiger partial charge in [-0.05, 0) is 54.2 Å². The number of aliphatic imine (C=N–C) groups is 1. The first-order valence-electron chi connectivity index (χ1n) is 9.62. The number of guanidine groups is 1. The van der Waals surface area contributed by atoms with E-state index in [9.17, 15) is 0 Å². The van der Waals surface area contributed by atoms with Crippen molar-refractivity contribution in [2.75, 3.05) is 31.6 Å². The number of nitrogens with one attached hydrogen (secondary N) is 2. The number of hydrogen-bond acceptors (Lipinski definition) is 3. The molecule has 8 heteroatoms. The third-order valence-electron chi connectivity index (χ3n) is 4.99. The molecule has 28 heavy (non-hydrogen) atoms. The van der Waals surface area contributed by atoms with Crippen molar-refractivity contribution in [3.05, 3.63) is 47.0 Å². The van der Waals surface area contributed by atoms with E-state index in [2.05, 4.69) is 70.3 Å². The Bertz CT molecular complexity index is 763. The molecule has 1 unspecified atom stereocenters. The van der Waals surface area contributed by atoms with Crippen LogP contribution in [0.5, 0.6) is 0 Å². The number of nitrogens with zero attached hydrogens (tertiary/aromatic N) is 4. The number of aryl methyl sites for hydroxylation is 2. The summed E-state index contributed by atoms with van der Waals surface area (Å²) in [6.07, 6.45) is 7.24. The van der Waals surface area contributed by atoms with Gasteiger partial charge in [0.15, 0.2) is 5.96 Å². The van der Waals surface area contributed by atoms with Crippen LogP contribution in [-0.4, -0.2) is 48.2 Å². The predicted molar refractivity (Wildman–Crippen MR) is 131 cm³/mol. The highest BCUT2D eigenvalue weighted by Gasteiger charge is 2.24. The molecule has 1 fully saturated rings. The van der Waals surface area contributed by atoms with E-state index in [4.69, 9.17) is 0 Å². The minimum atomic E-state index is 0. The largest absolute Gasteiger partial charge is 0.368 e. The molecule has 1 aliphatic rings. The maximum atomic E-state index is 4.38. The van der Waals surface area contributed by atoms with Gasteiger partial charge in [0.2, 0.25) is 0 Å². The molecular weight excluding hydrogens is 531 g/mol. The number of anilines is 1. The van der Waals surface area contributed by atoms with Crippen LogP contribution in [0.3, 0.4) is 0 Å². The van der Waals surface area contributed by atoms with Crippen molar-refractivity contribution in [1.82, 2.24) is 20.2 Å². The average Bonchev–Trinajstić information content (AvgIpc) is 3.30. The highest BCUT2D eigenvalue weighted by Crippen LogP contribution is 2.28. The normalized spacial score (nSPS) is 16.8. The van der Waals surface area contributed by atoms with E-state index in [0.717, 1.165) is 61.7 Å². The monoisotopic (exact) mass is 560 g/mol. The lowest BCUT2D eigenvalue weighted by Gasteiger charge is -2.21. The molecule has 0 aliphatic carbocycles. The number of aromatic nitrogens is 2. The topological polar surface area (TPSA) is 57.5 Å². The molecule has 1 aliphatic heterocycles. The number of hydrogen-bond donors (Lipinski definition) is 2. The average molecular weight is 561 g/mol. The summed E-state index contributed by atoms with van der Waals surface area (Å²) in [6.45, 7) is 6.03. The van der Waals surface area contributed by atoms with Gasteiger partial charge in [0.1, 0.15) is 5.82 Å². The smallest absolute Gasteiger partial charge is 0.191 e. The van der Waals surface area contributed by atoms with E-state index < -0.39 is 0 Å². The number of benzene rings is 1. The van der Waals surface area contributed by atoms with Gasteiger partial charge in [0.25, 0.3) is 0 Å². The molecule has 1 saturated heterocycles. The van der Waals surface area contributed by atoms with E-state index >= 15 is 0 Å². The molecule has 154 valence electrons. The van der Waals surface area contributed by atoms with E-state index in [-0.39, 0.29) is 24.0 Å². The van der Waals surface area contributed by atoms with Crippen molar-refractivity contribution in [2.24, 2.45) is 4.99 Å². The molecule has 3 rings (SSSR count). The molecule has 1 atom stereocenters. The summed E-state index contributed by atoms with van der Waals surface area (Å²) in [6, 6.07) is 8.83.